The summed E-state index contributed by atoms with van der Waals surface area (Å²) in [7, 11) is 0. The number of likely N-dealkylation sites (N-methyl/N-ethyl adjacent to an activating group) is 1. The molecule has 0 bridgehead atoms. The summed E-state index contributed by atoms with van der Waals surface area (Å²) in [5.74, 6) is 0. The van der Waals surface area contributed by atoms with Crippen molar-refractivity contribution in [2.45, 2.75) is 33.2 Å². The molecule has 0 aliphatic rings. The number of nitrogens with one attached hydrogen (secondary N) is 1. The Hall–Kier alpha value is -0.390. The number of hydrogen-bond donors (Lipinski definition) is 1. The molecule has 1 aromatic heterocycles. The molecule has 0 saturated heterocycles. The molecule has 2 rings (SSSR count). The second kappa shape index (κ2) is 6.86. The van der Waals surface area contributed by atoms with Gasteiger partial charge < -0.3 is 5.32 Å². The normalized spacial score (nSPS) is 12.6. The second-order valence-corrected chi connectivity index (χ2v) is 7.80. The molecule has 0 spiro atoms. The monoisotopic (exact) mass is 385 g/mol. The molecule has 0 amide bonds. The van der Waals surface area contributed by atoms with E-state index >= 15 is 0 Å². The fraction of sp³-hybridized carbons (Fsp3) is 0.375. The maximum absolute atomic E-state index is 3.60. The van der Waals surface area contributed by atoms with Gasteiger partial charge in [0.1, 0.15) is 0 Å². The van der Waals surface area contributed by atoms with Gasteiger partial charge in [0.25, 0.3) is 0 Å². The van der Waals surface area contributed by atoms with E-state index in [1.165, 1.54) is 25.1 Å². The van der Waals surface area contributed by atoms with Crippen molar-refractivity contribution in [3.8, 4) is 0 Å². The molecule has 1 N–H and O–H groups in total. The fourth-order valence-electron chi connectivity index (χ4n) is 2.48. The minimum atomic E-state index is 0.422. The highest BCUT2D eigenvalue weighted by atomic mass is 127. The molecule has 0 aliphatic heterocycles. The van der Waals surface area contributed by atoms with Crippen LogP contribution in [0.4, 0.5) is 0 Å². The van der Waals surface area contributed by atoms with E-state index in [4.69, 9.17) is 0 Å². The smallest absolute Gasteiger partial charge is 0.0656 e. The number of rotatable bonds is 5. The third kappa shape index (κ3) is 4.29. The van der Waals surface area contributed by atoms with E-state index in [1.54, 1.807) is 0 Å². The summed E-state index contributed by atoms with van der Waals surface area (Å²) >= 11 is 4.22. The molecule has 1 atom stereocenters. The van der Waals surface area contributed by atoms with Gasteiger partial charge in [-0.3, -0.25) is 0 Å². The molecule has 102 valence electrons. The Morgan fingerprint density at radius 1 is 1.16 bits per heavy atom. The molecule has 1 heterocycles. The first-order chi connectivity index (χ1) is 9.08. The molecule has 19 heavy (non-hydrogen) atoms. The number of aryl methyl sites for hydroxylation is 2. The minimum absolute atomic E-state index is 0.422. The highest BCUT2D eigenvalue weighted by molar-refractivity contribution is 14.1. The minimum Gasteiger partial charge on any atom is -0.310 e. The first-order valence-electron chi connectivity index (χ1n) is 6.63. The molecule has 0 aliphatic carbocycles. The van der Waals surface area contributed by atoms with Crippen LogP contribution in [0, 0.1) is 16.7 Å². The van der Waals surface area contributed by atoms with E-state index in [-0.39, 0.29) is 0 Å². The van der Waals surface area contributed by atoms with Crippen molar-refractivity contribution >= 4 is 33.9 Å². The van der Waals surface area contributed by atoms with Crippen molar-refractivity contribution in [3.63, 3.8) is 0 Å². The van der Waals surface area contributed by atoms with E-state index in [9.17, 15) is 0 Å². The number of hydrogen-bond acceptors (Lipinski definition) is 2. The lowest BCUT2D eigenvalue weighted by Crippen LogP contribution is -2.22. The Kier molecular flexibility index (Phi) is 5.42. The lowest BCUT2D eigenvalue weighted by atomic mass is 9.98. The van der Waals surface area contributed by atoms with Gasteiger partial charge >= 0.3 is 0 Å². The van der Waals surface area contributed by atoms with E-state index < -0.39 is 0 Å². The Balaban J connectivity index is 2.20. The summed E-state index contributed by atoms with van der Waals surface area (Å²) < 4.78 is 1.36. The topological polar surface area (TPSA) is 12.0 Å². The van der Waals surface area contributed by atoms with E-state index in [0.717, 1.165) is 13.0 Å². The van der Waals surface area contributed by atoms with Crippen molar-refractivity contribution < 1.29 is 0 Å². The highest BCUT2D eigenvalue weighted by Crippen LogP contribution is 2.25. The number of halogens is 1. The molecule has 1 unspecified atom stereocenters. The number of benzene rings is 1. The lowest BCUT2D eigenvalue weighted by Gasteiger charge is -2.17. The Bertz CT molecular complexity index is 527. The number of thiophene rings is 1. The third-order valence-corrected chi connectivity index (χ3v) is 4.97. The van der Waals surface area contributed by atoms with Crippen molar-refractivity contribution in [2.75, 3.05) is 6.54 Å². The van der Waals surface area contributed by atoms with E-state index in [1.807, 2.05) is 11.3 Å². The van der Waals surface area contributed by atoms with Crippen LogP contribution in [0.3, 0.4) is 0 Å². The third-order valence-electron chi connectivity index (χ3n) is 3.16. The summed E-state index contributed by atoms with van der Waals surface area (Å²) in [6, 6.07) is 9.55. The van der Waals surface area contributed by atoms with Crippen LogP contribution in [-0.4, -0.2) is 6.54 Å². The van der Waals surface area contributed by atoms with Gasteiger partial charge in [-0.2, -0.15) is 0 Å². The fourth-order valence-corrected chi connectivity index (χ4v) is 3.91. The molecular weight excluding hydrogens is 365 g/mol. The van der Waals surface area contributed by atoms with Gasteiger partial charge in [-0.1, -0.05) is 36.2 Å². The van der Waals surface area contributed by atoms with Gasteiger partial charge in [0.2, 0.25) is 0 Å². The van der Waals surface area contributed by atoms with E-state index in [2.05, 4.69) is 78.3 Å². The predicted octanol–water partition coefficient (Wildman–Crippen LogP) is 4.86. The average Bonchev–Trinajstić information content (AvgIpc) is 2.74. The van der Waals surface area contributed by atoms with Crippen LogP contribution in [0.5, 0.6) is 0 Å². The molecule has 2 aromatic rings. The zero-order valence-electron chi connectivity index (χ0n) is 11.7. The molecule has 0 fully saturated rings. The highest BCUT2D eigenvalue weighted by Gasteiger charge is 2.13. The summed E-state index contributed by atoms with van der Waals surface area (Å²) in [5.41, 5.74) is 5.54. The first kappa shape index (κ1) is 15.0. The van der Waals surface area contributed by atoms with Crippen LogP contribution in [0.15, 0.2) is 29.6 Å². The molecule has 0 saturated carbocycles. The van der Waals surface area contributed by atoms with Gasteiger partial charge in [-0.25, -0.2) is 0 Å². The van der Waals surface area contributed by atoms with Gasteiger partial charge in [0, 0.05) is 6.04 Å². The Morgan fingerprint density at radius 3 is 2.37 bits per heavy atom. The van der Waals surface area contributed by atoms with Gasteiger partial charge in [0.15, 0.2) is 0 Å². The SMILES string of the molecule is CCNC(Cc1cc(C)cc(C)c1)c1csc(I)c1. The standard InChI is InChI=1S/C16H20INS/c1-4-18-15(14-9-16(17)19-10-14)8-13-6-11(2)5-12(3)7-13/h5-7,9-10,15,18H,4,8H2,1-3H3. The Morgan fingerprint density at radius 2 is 1.84 bits per heavy atom. The summed E-state index contributed by atoms with van der Waals surface area (Å²) in [5, 5.41) is 5.88. The maximum Gasteiger partial charge on any atom is 0.0656 e. The van der Waals surface area contributed by atoms with Gasteiger partial charge in [0.05, 0.1) is 2.88 Å². The van der Waals surface area contributed by atoms with Crippen molar-refractivity contribution in [2.24, 2.45) is 0 Å². The largest absolute Gasteiger partial charge is 0.310 e. The first-order valence-corrected chi connectivity index (χ1v) is 8.59. The molecule has 1 aromatic carbocycles. The summed E-state index contributed by atoms with van der Waals surface area (Å²) in [6.07, 6.45) is 1.06. The van der Waals surface area contributed by atoms with Crippen molar-refractivity contribution in [1.82, 2.24) is 5.32 Å². The average molecular weight is 385 g/mol. The predicted molar refractivity (Wildman–Crippen MR) is 93.1 cm³/mol. The van der Waals surface area contributed by atoms with E-state index in [0.29, 0.717) is 6.04 Å². The molecule has 0 radical (unpaired) electrons. The van der Waals surface area contributed by atoms with Crippen molar-refractivity contribution in [3.05, 3.63) is 54.8 Å². The van der Waals surface area contributed by atoms with Crippen LogP contribution >= 0.6 is 33.9 Å². The second-order valence-electron chi connectivity index (χ2n) is 4.99. The van der Waals surface area contributed by atoms with Crippen LogP contribution < -0.4 is 5.32 Å². The molecular formula is C16H20INS. The Labute approximate surface area is 133 Å². The lowest BCUT2D eigenvalue weighted by molar-refractivity contribution is 0.551. The van der Waals surface area contributed by atoms with Crippen LogP contribution in [0.25, 0.3) is 0 Å². The zero-order chi connectivity index (χ0) is 13.8. The van der Waals surface area contributed by atoms with Crippen LogP contribution in [0.1, 0.15) is 35.2 Å². The molecule has 1 nitrogen and oxygen atoms in total. The van der Waals surface area contributed by atoms with Gasteiger partial charge in [-0.05, 0) is 72.0 Å². The molecule has 3 heteroatoms. The van der Waals surface area contributed by atoms with Crippen LogP contribution in [-0.2, 0) is 6.42 Å². The van der Waals surface area contributed by atoms with Crippen LogP contribution in [0.2, 0.25) is 0 Å². The zero-order valence-corrected chi connectivity index (χ0v) is 14.6. The summed E-state index contributed by atoms with van der Waals surface area (Å²) in [6.45, 7) is 7.52. The van der Waals surface area contributed by atoms with Gasteiger partial charge in [-0.15, -0.1) is 11.3 Å². The van der Waals surface area contributed by atoms with Crippen molar-refractivity contribution in [1.29, 1.82) is 0 Å². The quantitative estimate of drug-likeness (QED) is 0.725. The maximum atomic E-state index is 3.60. The summed E-state index contributed by atoms with van der Waals surface area (Å²) in [4.78, 5) is 0.